The van der Waals surface area contributed by atoms with E-state index < -0.39 is 4.92 Å². The molecule has 2 aromatic rings. The standard InChI is InChI=1S/C12H10BrNO4/c13-11-4-3-9(6-12(11)14(15)16)7-17-8-10-2-1-5-18-10/h1-6H,7-8H2. The minimum Gasteiger partial charge on any atom is -0.467 e. The molecule has 0 aliphatic carbocycles. The van der Waals surface area contributed by atoms with Crippen LogP contribution in [-0.4, -0.2) is 4.92 Å². The Morgan fingerprint density at radius 1 is 1.33 bits per heavy atom. The number of rotatable bonds is 5. The fraction of sp³-hybridized carbons (Fsp3) is 0.167. The fourth-order valence-corrected chi connectivity index (χ4v) is 1.84. The van der Waals surface area contributed by atoms with Gasteiger partial charge >= 0.3 is 0 Å². The summed E-state index contributed by atoms with van der Waals surface area (Å²) in [6, 6.07) is 8.50. The van der Waals surface area contributed by atoms with Crippen molar-refractivity contribution in [2.45, 2.75) is 13.2 Å². The van der Waals surface area contributed by atoms with Crippen LogP contribution in [0.1, 0.15) is 11.3 Å². The number of hydrogen-bond acceptors (Lipinski definition) is 4. The van der Waals surface area contributed by atoms with Gasteiger partial charge in [0.15, 0.2) is 0 Å². The van der Waals surface area contributed by atoms with Crippen molar-refractivity contribution in [2.75, 3.05) is 0 Å². The van der Waals surface area contributed by atoms with Crippen molar-refractivity contribution in [3.05, 3.63) is 62.5 Å². The Labute approximate surface area is 112 Å². The van der Waals surface area contributed by atoms with Gasteiger partial charge in [-0.2, -0.15) is 0 Å². The van der Waals surface area contributed by atoms with E-state index in [4.69, 9.17) is 9.15 Å². The normalized spacial score (nSPS) is 10.5. The van der Waals surface area contributed by atoms with Gasteiger partial charge in [0.25, 0.3) is 5.69 Å². The zero-order valence-corrected chi connectivity index (χ0v) is 10.9. The Hall–Kier alpha value is -1.66. The van der Waals surface area contributed by atoms with Gasteiger partial charge in [0.05, 0.1) is 22.3 Å². The van der Waals surface area contributed by atoms with Crippen LogP contribution in [0.2, 0.25) is 0 Å². The van der Waals surface area contributed by atoms with E-state index in [2.05, 4.69) is 15.9 Å². The lowest BCUT2D eigenvalue weighted by Crippen LogP contribution is -1.95. The smallest absolute Gasteiger partial charge is 0.283 e. The minimum atomic E-state index is -0.430. The first-order valence-corrected chi connectivity index (χ1v) is 5.99. The Balaban J connectivity index is 1.97. The highest BCUT2D eigenvalue weighted by atomic mass is 79.9. The van der Waals surface area contributed by atoms with Gasteiger partial charge in [0, 0.05) is 6.07 Å². The molecule has 0 unspecified atom stereocenters. The predicted octanol–water partition coefficient (Wildman–Crippen LogP) is 3.67. The summed E-state index contributed by atoms with van der Waals surface area (Å²) >= 11 is 3.13. The highest BCUT2D eigenvalue weighted by Crippen LogP contribution is 2.25. The number of furan rings is 1. The van der Waals surface area contributed by atoms with Crippen LogP contribution in [0.4, 0.5) is 5.69 Å². The Bertz CT molecular complexity index is 539. The number of halogens is 1. The maximum absolute atomic E-state index is 10.8. The molecule has 1 aromatic heterocycles. The summed E-state index contributed by atoms with van der Waals surface area (Å²) in [4.78, 5) is 10.3. The molecular weight excluding hydrogens is 302 g/mol. The predicted molar refractivity (Wildman–Crippen MR) is 68.0 cm³/mol. The third kappa shape index (κ3) is 3.18. The number of nitrogens with zero attached hydrogens (tertiary/aromatic N) is 1. The van der Waals surface area contributed by atoms with E-state index in [1.807, 2.05) is 6.07 Å². The number of nitro benzene ring substituents is 1. The second-order valence-electron chi connectivity index (χ2n) is 3.62. The van der Waals surface area contributed by atoms with E-state index in [1.165, 1.54) is 6.07 Å². The van der Waals surface area contributed by atoms with Crippen molar-refractivity contribution in [3.63, 3.8) is 0 Å². The maximum atomic E-state index is 10.8. The molecule has 0 N–H and O–H groups in total. The molecule has 6 heteroatoms. The summed E-state index contributed by atoms with van der Waals surface area (Å²) in [5, 5.41) is 10.8. The first kappa shape index (κ1) is 12.8. The summed E-state index contributed by atoms with van der Waals surface area (Å²) in [6.07, 6.45) is 1.57. The summed E-state index contributed by atoms with van der Waals surface area (Å²) in [5.74, 6) is 0.724. The quantitative estimate of drug-likeness (QED) is 0.624. The molecular formula is C12H10BrNO4. The van der Waals surface area contributed by atoms with Gasteiger partial charge in [-0.15, -0.1) is 0 Å². The largest absolute Gasteiger partial charge is 0.467 e. The summed E-state index contributed by atoms with van der Waals surface area (Å²) < 4.78 is 11.0. The van der Waals surface area contributed by atoms with Crippen LogP contribution in [0.15, 0.2) is 45.5 Å². The van der Waals surface area contributed by atoms with Crippen LogP contribution in [0.5, 0.6) is 0 Å². The van der Waals surface area contributed by atoms with Gasteiger partial charge in [0.2, 0.25) is 0 Å². The fourth-order valence-electron chi connectivity index (χ4n) is 1.45. The minimum absolute atomic E-state index is 0.0362. The molecule has 94 valence electrons. The molecule has 0 aliphatic heterocycles. The number of benzene rings is 1. The zero-order chi connectivity index (χ0) is 13.0. The van der Waals surface area contributed by atoms with Crippen LogP contribution in [0.25, 0.3) is 0 Å². The Morgan fingerprint density at radius 3 is 2.83 bits per heavy atom. The van der Waals surface area contributed by atoms with Crippen molar-refractivity contribution in [1.29, 1.82) is 0 Å². The second kappa shape index (κ2) is 5.79. The van der Waals surface area contributed by atoms with Crippen LogP contribution >= 0.6 is 15.9 Å². The van der Waals surface area contributed by atoms with Gasteiger partial charge < -0.3 is 9.15 Å². The average Bonchev–Trinajstić information content (AvgIpc) is 2.84. The zero-order valence-electron chi connectivity index (χ0n) is 9.34. The lowest BCUT2D eigenvalue weighted by atomic mass is 10.2. The molecule has 5 nitrogen and oxygen atoms in total. The van der Waals surface area contributed by atoms with Gasteiger partial charge in [-0.05, 0) is 39.7 Å². The summed E-state index contributed by atoms with van der Waals surface area (Å²) in [7, 11) is 0. The van der Waals surface area contributed by atoms with Crippen LogP contribution in [0.3, 0.4) is 0 Å². The molecule has 1 aromatic carbocycles. The van der Waals surface area contributed by atoms with Crippen LogP contribution in [0, 0.1) is 10.1 Å². The topological polar surface area (TPSA) is 65.5 Å². The van der Waals surface area contributed by atoms with Gasteiger partial charge in [-0.3, -0.25) is 10.1 Å². The molecule has 0 aliphatic rings. The average molecular weight is 312 g/mol. The van der Waals surface area contributed by atoms with Crippen molar-refractivity contribution in [1.82, 2.24) is 0 Å². The monoisotopic (exact) mass is 311 g/mol. The molecule has 0 saturated heterocycles. The molecule has 0 fully saturated rings. The molecule has 0 saturated carbocycles. The van der Waals surface area contributed by atoms with E-state index >= 15 is 0 Å². The second-order valence-corrected chi connectivity index (χ2v) is 4.47. The molecule has 1 heterocycles. The lowest BCUT2D eigenvalue weighted by molar-refractivity contribution is -0.385. The van der Waals surface area contributed by atoms with Crippen molar-refractivity contribution >= 4 is 21.6 Å². The highest BCUT2D eigenvalue weighted by Gasteiger charge is 2.12. The molecule has 0 amide bonds. The van der Waals surface area contributed by atoms with E-state index in [-0.39, 0.29) is 5.69 Å². The maximum Gasteiger partial charge on any atom is 0.283 e. The lowest BCUT2D eigenvalue weighted by Gasteiger charge is -2.03. The van der Waals surface area contributed by atoms with E-state index in [1.54, 1.807) is 24.5 Å². The van der Waals surface area contributed by atoms with Crippen molar-refractivity contribution < 1.29 is 14.1 Å². The SMILES string of the molecule is O=[N+]([O-])c1cc(COCc2ccco2)ccc1Br. The Morgan fingerprint density at radius 2 is 2.17 bits per heavy atom. The first-order chi connectivity index (χ1) is 8.66. The first-order valence-electron chi connectivity index (χ1n) is 5.20. The van der Waals surface area contributed by atoms with Crippen LogP contribution in [-0.2, 0) is 18.0 Å². The molecule has 0 radical (unpaired) electrons. The van der Waals surface area contributed by atoms with Crippen LogP contribution < -0.4 is 0 Å². The summed E-state index contributed by atoms with van der Waals surface area (Å²) in [5.41, 5.74) is 0.783. The van der Waals surface area contributed by atoms with E-state index in [9.17, 15) is 10.1 Å². The van der Waals surface area contributed by atoms with E-state index in [0.29, 0.717) is 17.7 Å². The third-order valence-corrected chi connectivity index (χ3v) is 2.97. The number of nitro groups is 1. The third-order valence-electron chi connectivity index (χ3n) is 2.30. The molecule has 0 bridgehead atoms. The van der Waals surface area contributed by atoms with Crippen molar-refractivity contribution in [2.24, 2.45) is 0 Å². The Kier molecular flexibility index (Phi) is 4.11. The van der Waals surface area contributed by atoms with Gasteiger partial charge in [-0.1, -0.05) is 6.07 Å². The van der Waals surface area contributed by atoms with Gasteiger partial charge in [0.1, 0.15) is 12.4 Å². The molecule has 2 rings (SSSR count). The number of hydrogen-bond donors (Lipinski definition) is 0. The van der Waals surface area contributed by atoms with Crippen molar-refractivity contribution in [3.8, 4) is 0 Å². The van der Waals surface area contributed by atoms with E-state index in [0.717, 1.165) is 11.3 Å². The number of ether oxygens (including phenoxy) is 1. The molecule has 0 atom stereocenters. The molecule has 18 heavy (non-hydrogen) atoms. The summed E-state index contributed by atoms with van der Waals surface area (Å²) in [6.45, 7) is 0.645. The molecule has 0 spiro atoms. The van der Waals surface area contributed by atoms with Gasteiger partial charge in [-0.25, -0.2) is 0 Å². The highest BCUT2D eigenvalue weighted by molar-refractivity contribution is 9.10.